The molecule has 6 heteroatoms. The minimum atomic E-state index is -0.0452. The number of benzene rings is 1. The zero-order valence-corrected chi connectivity index (χ0v) is 16.1. The predicted molar refractivity (Wildman–Crippen MR) is 113 cm³/mol. The average molecular weight is 377 g/mol. The monoisotopic (exact) mass is 377 g/mol. The molecule has 0 saturated carbocycles. The first-order chi connectivity index (χ1) is 13.8. The number of anilines is 1. The summed E-state index contributed by atoms with van der Waals surface area (Å²) in [5, 5.41) is 3.33. The lowest BCUT2D eigenvalue weighted by Crippen LogP contribution is -2.25. The summed E-state index contributed by atoms with van der Waals surface area (Å²) in [4.78, 5) is 21.6. The molecule has 0 aliphatic heterocycles. The molecule has 1 aromatic carbocycles. The van der Waals surface area contributed by atoms with Crippen LogP contribution in [0.15, 0.2) is 65.7 Å². The molecule has 0 saturated heterocycles. The van der Waals surface area contributed by atoms with Crippen LogP contribution in [0.25, 0.3) is 11.3 Å². The van der Waals surface area contributed by atoms with E-state index in [1.807, 2.05) is 30.3 Å². The topological polar surface area (TPSA) is 85.8 Å². The lowest BCUT2D eigenvalue weighted by molar-refractivity contribution is 0.615. The van der Waals surface area contributed by atoms with Crippen molar-refractivity contribution in [2.24, 2.45) is 5.73 Å². The van der Waals surface area contributed by atoms with Gasteiger partial charge >= 0.3 is 0 Å². The maximum Gasteiger partial charge on any atom is 0.255 e. The third kappa shape index (κ3) is 5.50. The number of pyridine rings is 1. The number of unbranched alkanes of at least 4 members (excludes halogenated alkanes) is 1. The highest BCUT2D eigenvalue weighted by Crippen LogP contribution is 2.16. The molecule has 0 bridgehead atoms. The molecule has 146 valence electrons. The second-order valence-electron chi connectivity index (χ2n) is 6.70. The van der Waals surface area contributed by atoms with Gasteiger partial charge in [0.25, 0.3) is 5.56 Å². The normalized spacial score (nSPS) is 10.8. The molecule has 3 N–H and O–H groups in total. The van der Waals surface area contributed by atoms with Crippen molar-refractivity contribution >= 4 is 5.95 Å². The van der Waals surface area contributed by atoms with Crippen LogP contribution in [-0.4, -0.2) is 27.6 Å². The van der Waals surface area contributed by atoms with E-state index in [-0.39, 0.29) is 5.56 Å². The highest BCUT2D eigenvalue weighted by Gasteiger charge is 2.10. The summed E-state index contributed by atoms with van der Waals surface area (Å²) in [6, 6.07) is 15.6. The van der Waals surface area contributed by atoms with Gasteiger partial charge < -0.3 is 11.1 Å². The fraction of sp³-hybridized carbons (Fsp3) is 0.318. The third-order valence-electron chi connectivity index (χ3n) is 4.59. The Morgan fingerprint density at radius 1 is 1.00 bits per heavy atom. The third-order valence-corrected chi connectivity index (χ3v) is 4.59. The van der Waals surface area contributed by atoms with E-state index in [0.29, 0.717) is 24.7 Å². The zero-order chi connectivity index (χ0) is 19.6. The first-order valence-corrected chi connectivity index (χ1v) is 9.78. The maximum absolute atomic E-state index is 12.8. The zero-order valence-electron chi connectivity index (χ0n) is 16.1. The molecule has 0 aliphatic carbocycles. The van der Waals surface area contributed by atoms with Crippen molar-refractivity contribution in [2.75, 3.05) is 18.4 Å². The minimum Gasteiger partial charge on any atom is -0.356 e. The van der Waals surface area contributed by atoms with Crippen molar-refractivity contribution in [1.29, 1.82) is 0 Å². The second kappa shape index (κ2) is 10.4. The Morgan fingerprint density at radius 2 is 1.79 bits per heavy atom. The van der Waals surface area contributed by atoms with Crippen molar-refractivity contribution in [3.8, 4) is 11.3 Å². The van der Waals surface area contributed by atoms with E-state index < -0.39 is 0 Å². The molecule has 3 aromatic rings. The van der Waals surface area contributed by atoms with E-state index in [2.05, 4.69) is 22.4 Å². The standard InChI is InChI=1S/C22H27N5O/c23-12-4-5-13-25-22-26-20(19-10-14-24-15-11-19)17-21(28)27(22)16-6-9-18-7-2-1-3-8-18/h1-3,7-8,10-11,14-15,17H,4-6,9,12-13,16,23H2,(H,25,26). The Bertz CT molecular complexity index is 909. The first kappa shape index (κ1) is 19.8. The summed E-state index contributed by atoms with van der Waals surface area (Å²) in [7, 11) is 0. The fourth-order valence-electron chi connectivity index (χ4n) is 3.08. The van der Waals surface area contributed by atoms with Gasteiger partial charge in [0, 0.05) is 37.1 Å². The van der Waals surface area contributed by atoms with E-state index in [0.717, 1.165) is 37.8 Å². The predicted octanol–water partition coefficient (Wildman–Crippen LogP) is 3.09. The molecule has 6 nitrogen and oxygen atoms in total. The van der Waals surface area contributed by atoms with Gasteiger partial charge in [-0.15, -0.1) is 0 Å². The van der Waals surface area contributed by atoms with Crippen molar-refractivity contribution in [2.45, 2.75) is 32.2 Å². The Morgan fingerprint density at radius 3 is 2.54 bits per heavy atom. The van der Waals surface area contributed by atoms with Crippen LogP contribution in [0.5, 0.6) is 0 Å². The summed E-state index contributed by atoms with van der Waals surface area (Å²) < 4.78 is 1.73. The number of nitrogens with zero attached hydrogens (tertiary/aromatic N) is 3. The van der Waals surface area contributed by atoms with E-state index in [4.69, 9.17) is 10.7 Å². The van der Waals surface area contributed by atoms with Crippen molar-refractivity contribution in [1.82, 2.24) is 14.5 Å². The van der Waals surface area contributed by atoms with Gasteiger partial charge in [-0.2, -0.15) is 0 Å². The van der Waals surface area contributed by atoms with E-state index in [9.17, 15) is 4.79 Å². The van der Waals surface area contributed by atoms with Crippen LogP contribution in [0.4, 0.5) is 5.95 Å². The summed E-state index contributed by atoms with van der Waals surface area (Å²) in [5.74, 6) is 0.615. The van der Waals surface area contributed by atoms with E-state index in [1.165, 1.54) is 5.56 Å². The highest BCUT2D eigenvalue weighted by atomic mass is 16.1. The number of aromatic nitrogens is 3. The van der Waals surface area contributed by atoms with Crippen LogP contribution in [0, 0.1) is 0 Å². The molecule has 0 unspecified atom stereocenters. The van der Waals surface area contributed by atoms with E-state index in [1.54, 1.807) is 23.0 Å². The molecule has 2 heterocycles. The van der Waals surface area contributed by atoms with Crippen LogP contribution in [-0.2, 0) is 13.0 Å². The van der Waals surface area contributed by atoms with E-state index >= 15 is 0 Å². The molecule has 0 atom stereocenters. The van der Waals surface area contributed by atoms with Gasteiger partial charge in [-0.25, -0.2) is 4.98 Å². The van der Waals surface area contributed by atoms with Crippen LogP contribution >= 0.6 is 0 Å². The number of hydrogen-bond acceptors (Lipinski definition) is 5. The minimum absolute atomic E-state index is 0.0452. The second-order valence-corrected chi connectivity index (χ2v) is 6.70. The van der Waals surface area contributed by atoms with Crippen LogP contribution < -0.4 is 16.6 Å². The molecule has 0 spiro atoms. The smallest absolute Gasteiger partial charge is 0.255 e. The van der Waals surface area contributed by atoms with Gasteiger partial charge in [-0.1, -0.05) is 30.3 Å². The highest BCUT2D eigenvalue weighted by molar-refractivity contribution is 5.59. The number of rotatable bonds is 10. The van der Waals surface area contributed by atoms with Gasteiger partial charge in [-0.3, -0.25) is 14.3 Å². The quantitative estimate of drug-likeness (QED) is 0.530. The Kier molecular flexibility index (Phi) is 7.32. The van der Waals surface area contributed by atoms with Gasteiger partial charge in [0.2, 0.25) is 5.95 Å². The lowest BCUT2D eigenvalue weighted by atomic mass is 10.1. The molecule has 28 heavy (non-hydrogen) atoms. The Hall–Kier alpha value is -2.99. The van der Waals surface area contributed by atoms with Gasteiger partial charge in [0.15, 0.2) is 0 Å². The summed E-state index contributed by atoms with van der Waals surface area (Å²) in [5.41, 5.74) is 8.35. The molecule has 2 aromatic heterocycles. The van der Waals surface area contributed by atoms with Crippen LogP contribution in [0.2, 0.25) is 0 Å². The summed E-state index contributed by atoms with van der Waals surface area (Å²) in [6.07, 6.45) is 7.09. The average Bonchev–Trinajstić information content (AvgIpc) is 2.74. The maximum atomic E-state index is 12.8. The van der Waals surface area contributed by atoms with Crippen molar-refractivity contribution in [3.05, 3.63) is 76.8 Å². The molecular formula is C22H27N5O. The molecule has 0 amide bonds. The largest absolute Gasteiger partial charge is 0.356 e. The first-order valence-electron chi connectivity index (χ1n) is 9.78. The van der Waals surface area contributed by atoms with Crippen molar-refractivity contribution in [3.63, 3.8) is 0 Å². The van der Waals surface area contributed by atoms with Crippen LogP contribution in [0.1, 0.15) is 24.8 Å². The summed E-state index contributed by atoms with van der Waals surface area (Å²) in [6.45, 7) is 2.02. The molecule has 3 rings (SSSR count). The van der Waals surface area contributed by atoms with Crippen LogP contribution in [0.3, 0.4) is 0 Å². The number of nitrogens with one attached hydrogen (secondary N) is 1. The Balaban J connectivity index is 1.79. The Labute approximate surface area is 165 Å². The molecule has 0 aliphatic rings. The number of hydrogen-bond donors (Lipinski definition) is 2. The van der Waals surface area contributed by atoms with Gasteiger partial charge in [0.1, 0.15) is 0 Å². The molecule has 0 fully saturated rings. The number of nitrogens with two attached hydrogens (primary N) is 1. The van der Waals surface area contributed by atoms with Gasteiger partial charge in [0.05, 0.1) is 5.69 Å². The van der Waals surface area contributed by atoms with Crippen molar-refractivity contribution < 1.29 is 0 Å². The molecule has 0 radical (unpaired) electrons. The molecular weight excluding hydrogens is 350 g/mol. The lowest BCUT2D eigenvalue weighted by Gasteiger charge is -2.15. The van der Waals surface area contributed by atoms with Gasteiger partial charge in [-0.05, 0) is 49.9 Å². The summed E-state index contributed by atoms with van der Waals surface area (Å²) >= 11 is 0. The SMILES string of the molecule is NCCCCNc1nc(-c2ccncc2)cc(=O)n1CCCc1ccccc1. The fourth-order valence-corrected chi connectivity index (χ4v) is 3.08. The number of aryl methyl sites for hydroxylation is 1.